The second-order valence-electron chi connectivity index (χ2n) is 7.57. The second-order valence-corrected chi connectivity index (χ2v) is 7.57. The Labute approximate surface area is 176 Å². The van der Waals surface area contributed by atoms with Crippen molar-refractivity contribution in [1.29, 1.82) is 0 Å². The van der Waals surface area contributed by atoms with Crippen LogP contribution in [0, 0.1) is 34.6 Å². The molecule has 156 valence electrons. The first-order valence-corrected chi connectivity index (χ1v) is 9.92. The monoisotopic (exact) mass is 406 g/mol. The number of carbonyl (C=O) groups is 2. The van der Waals surface area contributed by atoms with Crippen molar-refractivity contribution in [2.75, 3.05) is 6.61 Å². The number of ketones is 1. The molecular weight excluding hydrogens is 380 g/mol. The number of ether oxygens (including phenoxy) is 1. The molecule has 2 aromatic carbocycles. The van der Waals surface area contributed by atoms with Gasteiger partial charge >= 0.3 is 5.97 Å². The molecule has 0 unspecified atom stereocenters. The number of benzene rings is 2. The van der Waals surface area contributed by atoms with E-state index in [1.54, 1.807) is 0 Å². The van der Waals surface area contributed by atoms with E-state index in [1.807, 2.05) is 65.0 Å². The molecule has 1 heterocycles. The molecule has 0 spiro atoms. The van der Waals surface area contributed by atoms with E-state index < -0.39 is 5.97 Å². The molecule has 0 atom stereocenters. The van der Waals surface area contributed by atoms with Gasteiger partial charge in [0, 0.05) is 17.5 Å². The van der Waals surface area contributed by atoms with Crippen molar-refractivity contribution in [2.24, 2.45) is 0 Å². The number of nitrogens with zero attached hydrogens (tertiary/aromatic N) is 2. The van der Waals surface area contributed by atoms with Crippen LogP contribution in [-0.4, -0.2) is 28.6 Å². The molecule has 0 aliphatic rings. The topological polar surface area (TPSA) is 82.3 Å². The molecule has 0 fully saturated rings. The first kappa shape index (κ1) is 21.4. The molecule has 6 heteroatoms. The van der Waals surface area contributed by atoms with E-state index >= 15 is 0 Å². The van der Waals surface area contributed by atoms with Crippen LogP contribution < -0.4 is 0 Å². The number of aryl methyl sites for hydroxylation is 3. The zero-order valence-corrected chi connectivity index (χ0v) is 18.0. The first-order chi connectivity index (χ1) is 14.3. The fraction of sp³-hybridized carbons (Fsp3) is 0.333. The van der Waals surface area contributed by atoms with Crippen molar-refractivity contribution < 1.29 is 18.7 Å². The third-order valence-corrected chi connectivity index (χ3v) is 5.45. The number of hydrogen-bond donors (Lipinski definition) is 0. The lowest BCUT2D eigenvalue weighted by Gasteiger charge is -2.13. The molecule has 0 aliphatic carbocycles. The van der Waals surface area contributed by atoms with Crippen molar-refractivity contribution >= 4 is 11.8 Å². The predicted molar refractivity (Wildman–Crippen MR) is 113 cm³/mol. The summed E-state index contributed by atoms with van der Waals surface area (Å²) in [5.41, 5.74) is 6.80. The molecule has 30 heavy (non-hydrogen) atoms. The molecule has 3 aromatic rings. The van der Waals surface area contributed by atoms with Crippen molar-refractivity contribution in [1.82, 2.24) is 10.2 Å². The van der Waals surface area contributed by atoms with E-state index in [1.165, 1.54) is 5.56 Å². The molecule has 6 nitrogen and oxygen atoms in total. The van der Waals surface area contributed by atoms with Crippen molar-refractivity contribution in [2.45, 2.75) is 47.5 Å². The molecule has 0 saturated heterocycles. The van der Waals surface area contributed by atoms with Crippen molar-refractivity contribution in [3.63, 3.8) is 0 Å². The van der Waals surface area contributed by atoms with Gasteiger partial charge in [0.1, 0.15) is 0 Å². The first-order valence-electron chi connectivity index (χ1n) is 9.92. The van der Waals surface area contributed by atoms with Crippen LogP contribution in [0.4, 0.5) is 0 Å². The summed E-state index contributed by atoms with van der Waals surface area (Å²) in [5.74, 6) is 0.0896. The maximum atomic E-state index is 12.5. The molecule has 0 radical (unpaired) electrons. The molecule has 0 saturated carbocycles. The van der Waals surface area contributed by atoms with E-state index in [0.717, 1.165) is 27.8 Å². The van der Waals surface area contributed by atoms with Crippen LogP contribution in [0.15, 0.2) is 34.7 Å². The number of hydrogen-bond acceptors (Lipinski definition) is 6. The van der Waals surface area contributed by atoms with Crippen LogP contribution >= 0.6 is 0 Å². The summed E-state index contributed by atoms with van der Waals surface area (Å²) in [6.45, 7) is 9.64. The van der Waals surface area contributed by atoms with Gasteiger partial charge in [-0.2, -0.15) is 0 Å². The van der Waals surface area contributed by atoms with Crippen LogP contribution in [-0.2, 0) is 16.0 Å². The normalized spacial score (nSPS) is 10.8. The second kappa shape index (κ2) is 9.03. The summed E-state index contributed by atoms with van der Waals surface area (Å²) < 4.78 is 10.8. The maximum absolute atomic E-state index is 12.5. The zero-order chi connectivity index (χ0) is 21.8. The van der Waals surface area contributed by atoms with Gasteiger partial charge < -0.3 is 9.15 Å². The number of aromatic nitrogens is 2. The van der Waals surface area contributed by atoms with Crippen LogP contribution in [0.1, 0.15) is 50.5 Å². The Morgan fingerprint density at radius 3 is 2.33 bits per heavy atom. The van der Waals surface area contributed by atoms with Gasteiger partial charge in [-0.25, -0.2) is 0 Å². The van der Waals surface area contributed by atoms with Crippen LogP contribution in [0.25, 0.3) is 11.5 Å². The SMILES string of the molecule is Cc1ccc(-c2nnc(CCC(=O)OCC(=O)c3cc(C)c(C)c(C)c3C)o2)cc1. The third kappa shape index (κ3) is 4.82. The van der Waals surface area contributed by atoms with Gasteiger partial charge in [-0.3, -0.25) is 9.59 Å². The van der Waals surface area contributed by atoms with Gasteiger partial charge in [0.15, 0.2) is 6.61 Å². The summed E-state index contributed by atoms with van der Waals surface area (Å²) in [6, 6.07) is 9.60. The van der Waals surface area contributed by atoms with Gasteiger partial charge in [-0.05, 0) is 75.1 Å². The predicted octanol–water partition coefficient (Wildman–Crippen LogP) is 4.64. The van der Waals surface area contributed by atoms with Gasteiger partial charge in [0.2, 0.25) is 17.6 Å². The molecule has 0 amide bonds. The Hall–Kier alpha value is -3.28. The fourth-order valence-corrected chi connectivity index (χ4v) is 3.17. The molecule has 1 aromatic heterocycles. The highest BCUT2D eigenvalue weighted by atomic mass is 16.5. The quantitative estimate of drug-likeness (QED) is 0.420. The molecule has 0 aliphatic heterocycles. The highest BCUT2D eigenvalue weighted by molar-refractivity contribution is 5.99. The van der Waals surface area contributed by atoms with Gasteiger partial charge in [-0.1, -0.05) is 17.7 Å². The lowest BCUT2D eigenvalue weighted by molar-refractivity contribution is -0.142. The van der Waals surface area contributed by atoms with E-state index in [4.69, 9.17) is 9.15 Å². The van der Waals surface area contributed by atoms with E-state index in [9.17, 15) is 9.59 Å². The Bertz CT molecular complexity index is 1080. The number of carbonyl (C=O) groups excluding carboxylic acids is 2. The Morgan fingerprint density at radius 1 is 0.933 bits per heavy atom. The Kier molecular flexibility index (Phi) is 6.45. The van der Waals surface area contributed by atoms with E-state index in [-0.39, 0.29) is 25.2 Å². The summed E-state index contributed by atoms with van der Waals surface area (Å²) in [6.07, 6.45) is 0.321. The third-order valence-electron chi connectivity index (χ3n) is 5.45. The summed E-state index contributed by atoms with van der Waals surface area (Å²) in [5, 5.41) is 8.00. The summed E-state index contributed by atoms with van der Waals surface area (Å²) in [4.78, 5) is 24.6. The van der Waals surface area contributed by atoms with Crippen LogP contribution in [0.3, 0.4) is 0 Å². The molecule has 3 rings (SSSR count). The van der Waals surface area contributed by atoms with Gasteiger partial charge in [0.25, 0.3) is 0 Å². The molecule has 0 bridgehead atoms. The van der Waals surface area contributed by atoms with Crippen LogP contribution in [0.2, 0.25) is 0 Å². The average Bonchev–Trinajstić information content (AvgIpc) is 3.21. The maximum Gasteiger partial charge on any atom is 0.306 e. The van der Waals surface area contributed by atoms with Crippen molar-refractivity contribution in [3.05, 3.63) is 69.6 Å². The zero-order valence-electron chi connectivity index (χ0n) is 18.0. The van der Waals surface area contributed by atoms with Crippen molar-refractivity contribution in [3.8, 4) is 11.5 Å². The average molecular weight is 406 g/mol. The lowest BCUT2D eigenvalue weighted by atomic mass is 9.93. The number of rotatable bonds is 7. The van der Waals surface area contributed by atoms with E-state index in [0.29, 0.717) is 17.3 Å². The smallest absolute Gasteiger partial charge is 0.306 e. The highest BCUT2D eigenvalue weighted by Gasteiger charge is 2.17. The van der Waals surface area contributed by atoms with Gasteiger partial charge in [0.05, 0.1) is 6.42 Å². The van der Waals surface area contributed by atoms with E-state index in [2.05, 4.69) is 10.2 Å². The minimum absolute atomic E-state index is 0.0632. The Balaban J connectivity index is 1.53. The highest BCUT2D eigenvalue weighted by Crippen LogP contribution is 2.22. The number of esters is 1. The largest absolute Gasteiger partial charge is 0.457 e. The summed E-state index contributed by atoms with van der Waals surface area (Å²) >= 11 is 0. The van der Waals surface area contributed by atoms with Crippen LogP contribution in [0.5, 0.6) is 0 Å². The standard InChI is InChI=1S/C24H26N2O4/c1-14-6-8-19(9-7-14)24-26-25-22(30-24)10-11-23(28)29-13-21(27)20-12-15(2)16(3)17(4)18(20)5/h6-9,12H,10-11,13H2,1-5H3. The minimum atomic E-state index is -0.475. The Morgan fingerprint density at radius 2 is 1.63 bits per heavy atom. The fourth-order valence-electron chi connectivity index (χ4n) is 3.17. The van der Waals surface area contributed by atoms with Gasteiger partial charge in [-0.15, -0.1) is 10.2 Å². The molecular formula is C24H26N2O4. The summed E-state index contributed by atoms with van der Waals surface area (Å²) in [7, 11) is 0. The molecule has 0 N–H and O–H groups in total. The lowest BCUT2D eigenvalue weighted by Crippen LogP contribution is -2.16. The number of Topliss-reactive ketones (excluding diaryl/α,β-unsaturated/α-hetero) is 1. The minimum Gasteiger partial charge on any atom is -0.457 e.